The van der Waals surface area contributed by atoms with Crippen molar-refractivity contribution in [2.45, 2.75) is 19.4 Å². The summed E-state index contributed by atoms with van der Waals surface area (Å²) in [5.74, 6) is 1.02. The van der Waals surface area contributed by atoms with Crippen molar-refractivity contribution in [2.75, 3.05) is 20.7 Å². The Morgan fingerprint density at radius 3 is 3.10 bits per heavy atom. The molecule has 0 N–H and O–H groups in total. The van der Waals surface area contributed by atoms with E-state index in [1.165, 1.54) is 7.11 Å². The molecule has 2 heterocycles. The Morgan fingerprint density at radius 2 is 2.40 bits per heavy atom. The highest BCUT2D eigenvalue weighted by atomic mass is 32.1. The average molecular weight is 295 g/mol. The summed E-state index contributed by atoms with van der Waals surface area (Å²) in [4.78, 5) is 18.4. The Bertz CT molecular complexity index is 539. The summed E-state index contributed by atoms with van der Waals surface area (Å²) in [6, 6.07) is 3.91. The number of hydrogen-bond acceptors (Lipinski definition) is 7. The first-order valence-corrected chi connectivity index (χ1v) is 7.19. The van der Waals surface area contributed by atoms with Crippen molar-refractivity contribution in [1.82, 2.24) is 15.0 Å². The van der Waals surface area contributed by atoms with Gasteiger partial charge in [0.2, 0.25) is 11.7 Å². The lowest BCUT2D eigenvalue weighted by atomic mass is 10.3. The van der Waals surface area contributed by atoms with E-state index < -0.39 is 0 Å². The van der Waals surface area contributed by atoms with E-state index >= 15 is 0 Å². The smallest absolute Gasteiger partial charge is 0.305 e. The Hall–Kier alpha value is -1.73. The second-order valence-corrected chi connectivity index (χ2v) is 5.35. The van der Waals surface area contributed by atoms with Gasteiger partial charge in [-0.25, -0.2) is 0 Å². The van der Waals surface area contributed by atoms with E-state index in [1.54, 1.807) is 11.3 Å². The van der Waals surface area contributed by atoms with Gasteiger partial charge in [0, 0.05) is 6.42 Å². The van der Waals surface area contributed by atoms with Gasteiger partial charge in [0.05, 0.1) is 18.5 Å². The van der Waals surface area contributed by atoms with Crippen LogP contribution in [0.25, 0.3) is 10.7 Å². The Morgan fingerprint density at radius 1 is 1.55 bits per heavy atom. The molecule has 0 aliphatic rings. The number of hydrogen-bond donors (Lipinski definition) is 0. The first kappa shape index (κ1) is 14.7. The fourth-order valence-corrected chi connectivity index (χ4v) is 2.38. The van der Waals surface area contributed by atoms with E-state index in [-0.39, 0.29) is 5.97 Å². The van der Waals surface area contributed by atoms with Crippen LogP contribution in [0.4, 0.5) is 0 Å². The summed E-state index contributed by atoms with van der Waals surface area (Å²) in [6.07, 6.45) is 1.17. The minimum absolute atomic E-state index is 0.184. The molecule has 20 heavy (non-hydrogen) atoms. The molecule has 0 radical (unpaired) electrons. The molecular formula is C13H17N3O3S. The van der Waals surface area contributed by atoms with Crippen LogP contribution in [0, 0.1) is 0 Å². The fourth-order valence-electron chi connectivity index (χ4n) is 1.73. The second-order valence-electron chi connectivity index (χ2n) is 4.41. The molecule has 0 aliphatic heterocycles. The molecule has 0 bridgehead atoms. The number of rotatable bonds is 7. The third-order valence-corrected chi connectivity index (χ3v) is 3.63. The van der Waals surface area contributed by atoms with Gasteiger partial charge in [-0.05, 0) is 31.5 Å². The summed E-state index contributed by atoms with van der Waals surface area (Å²) in [6.45, 7) is 1.34. The van der Waals surface area contributed by atoms with Gasteiger partial charge in [-0.1, -0.05) is 11.2 Å². The van der Waals surface area contributed by atoms with E-state index in [0.717, 1.165) is 17.8 Å². The molecule has 0 amide bonds. The maximum Gasteiger partial charge on any atom is 0.305 e. The molecule has 0 saturated heterocycles. The number of ether oxygens (including phenoxy) is 1. The Balaban J connectivity index is 1.80. The topological polar surface area (TPSA) is 68.5 Å². The predicted octanol–water partition coefficient (Wildman–Crippen LogP) is 2.18. The van der Waals surface area contributed by atoms with Crippen molar-refractivity contribution >= 4 is 17.3 Å². The van der Waals surface area contributed by atoms with Gasteiger partial charge in [-0.3, -0.25) is 9.69 Å². The van der Waals surface area contributed by atoms with Gasteiger partial charge in [0.1, 0.15) is 0 Å². The maximum atomic E-state index is 11.0. The van der Waals surface area contributed by atoms with Crippen molar-refractivity contribution in [3.63, 3.8) is 0 Å². The van der Waals surface area contributed by atoms with Crippen molar-refractivity contribution < 1.29 is 14.1 Å². The number of esters is 1. The zero-order valence-electron chi connectivity index (χ0n) is 11.5. The summed E-state index contributed by atoms with van der Waals surface area (Å²) in [5, 5.41) is 5.93. The minimum Gasteiger partial charge on any atom is -0.469 e. The van der Waals surface area contributed by atoms with Gasteiger partial charge in [0.25, 0.3) is 0 Å². The van der Waals surface area contributed by atoms with Crippen molar-refractivity contribution in [1.29, 1.82) is 0 Å². The first-order chi connectivity index (χ1) is 9.69. The van der Waals surface area contributed by atoms with Crippen LogP contribution < -0.4 is 0 Å². The van der Waals surface area contributed by atoms with E-state index in [1.807, 2.05) is 29.5 Å². The molecule has 108 valence electrons. The van der Waals surface area contributed by atoms with Crippen molar-refractivity contribution in [3.8, 4) is 10.7 Å². The van der Waals surface area contributed by atoms with E-state index in [0.29, 0.717) is 24.7 Å². The van der Waals surface area contributed by atoms with Gasteiger partial charge < -0.3 is 9.26 Å². The van der Waals surface area contributed by atoms with Crippen LogP contribution in [-0.4, -0.2) is 41.7 Å². The predicted molar refractivity (Wildman–Crippen MR) is 75.2 cm³/mol. The SMILES string of the molecule is COC(=O)CCCN(C)Cc1nc(-c2cccs2)no1. The summed E-state index contributed by atoms with van der Waals surface area (Å²) >= 11 is 1.58. The molecule has 0 aliphatic carbocycles. The van der Waals surface area contributed by atoms with Crippen LogP contribution in [0.2, 0.25) is 0 Å². The van der Waals surface area contributed by atoms with Crippen molar-refractivity contribution in [2.24, 2.45) is 0 Å². The Kier molecular flexibility index (Phi) is 5.25. The monoisotopic (exact) mass is 295 g/mol. The van der Waals surface area contributed by atoms with Crippen LogP contribution in [0.3, 0.4) is 0 Å². The molecule has 0 saturated carbocycles. The maximum absolute atomic E-state index is 11.0. The lowest BCUT2D eigenvalue weighted by Crippen LogP contribution is -2.20. The number of aromatic nitrogens is 2. The molecule has 0 aromatic carbocycles. The summed E-state index contributed by atoms with van der Waals surface area (Å²) in [7, 11) is 3.35. The molecule has 0 atom stereocenters. The van der Waals surface area contributed by atoms with E-state index in [4.69, 9.17) is 4.52 Å². The molecule has 7 heteroatoms. The second kappa shape index (κ2) is 7.16. The zero-order valence-corrected chi connectivity index (χ0v) is 12.4. The van der Waals surface area contributed by atoms with E-state index in [2.05, 4.69) is 14.9 Å². The normalized spacial score (nSPS) is 10.9. The molecule has 0 unspecified atom stereocenters. The van der Waals surface area contributed by atoms with Crippen LogP contribution in [0.5, 0.6) is 0 Å². The van der Waals surface area contributed by atoms with Gasteiger partial charge in [-0.2, -0.15) is 4.98 Å². The van der Waals surface area contributed by atoms with Gasteiger partial charge in [0.15, 0.2) is 0 Å². The summed E-state index contributed by atoms with van der Waals surface area (Å²) < 4.78 is 9.82. The summed E-state index contributed by atoms with van der Waals surface area (Å²) in [5.41, 5.74) is 0. The molecule has 6 nitrogen and oxygen atoms in total. The average Bonchev–Trinajstić information content (AvgIpc) is 3.08. The zero-order chi connectivity index (χ0) is 14.4. The van der Waals surface area contributed by atoms with Crippen molar-refractivity contribution in [3.05, 3.63) is 23.4 Å². The molecule has 0 spiro atoms. The van der Waals surface area contributed by atoms with Crippen LogP contribution >= 0.6 is 11.3 Å². The molecule has 2 aromatic heterocycles. The van der Waals surface area contributed by atoms with Crippen LogP contribution in [0.15, 0.2) is 22.0 Å². The third kappa shape index (κ3) is 4.14. The van der Waals surface area contributed by atoms with Crippen LogP contribution in [-0.2, 0) is 16.1 Å². The fraction of sp³-hybridized carbons (Fsp3) is 0.462. The highest BCUT2D eigenvalue weighted by Gasteiger charge is 2.11. The number of carbonyl (C=O) groups excluding carboxylic acids is 1. The molecule has 2 aromatic rings. The third-order valence-electron chi connectivity index (χ3n) is 2.76. The number of carbonyl (C=O) groups is 1. The standard InChI is InChI=1S/C13H17N3O3S/c1-16(7-3-6-12(17)18-2)9-11-14-13(15-19-11)10-5-4-8-20-10/h4-5,8H,3,6-7,9H2,1-2H3. The lowest BCUT2D eigenvalue weighted by Gasteiger charge is -2.12. The quantitative estimate of drug-likeness (QED) is 0.729. The largest absolute Gasteiger partial charge is 0.469 e. The first-order valence-electron chi connectivity index (χ1n) is 6.31. The van der Waals surface area contributed by atoms with Crippen LogP contribution in [0.1, 0.15) is 18.7 Å². The van der Waals surface area contributed by atoms with Gasteiger partial charge in [-0.15, -0.1) is 11.3 Å². The lowest BCUT2D eigenvalue weighted by molar-refractivity contribution is -0.140. The molecule has 2 rings (SSSR count). The highest BCUT2D eigenvalue weighted by molar-refractivity contribution is 7.13. The minimum atomic E-state index is -0.184. The number of methoxy groups -OCH3 is 1. The number of nitrogens with zero attached hydrogens (tertiary/aromatic N) is 3. The van der Waals surface area contributed by atoms with E-state index in [9.17, 15) is 4.79 Å². The Labute approximate surface area is 121 Å². The molecule has 0 fully saturated rings. The highest BCUT2D eigenvalue weighted by Crippen LogP contribution is 2.21. The molecular weight excluding hydrogens is 278 g/mol. The van der Waals surface area contributed by atoms with Gasteiger partial charge >= 0.3 is 5.97 Å². The number of thiophene rings is 1.